The normalized spacial score (nSPS) is 19.0. The average Bonchev–Trinajstić information content (AvgIpc) is 2.47. The monoisotopic (exact) mass is 297 g/mol. The number of rotatable bonds is 8. The number of aliphatic carboxylic acids is 1. The molecule has 0 heterocycles. The van der Waals surface area contributed by atoms with Crippen LogP contribution in [0.5, 0.6) is 0 Å². The third-order valence-corrected chi connectivity index (χ3v) is 5.05. The maximum Gasteiger partial charge on any atom is 0.305 e. The summed E-state index contributed by atoms with van der Waals surface area (Å²) in [5.74, 6) is -0.602. The number of nitrogens with zero attached hydrogens (tertiary/aromatic N) is 1. The number of carbonyl (C=O) groups is 2. The second kappa shape index (κ2) is 8.40. The molecule has 0 saturated heterocycles. The van der Waals surface area contributed by atoms with Crippen molar-refractivity contribution in [1.82, 2.24) is 4.90 Å². The molecule has 1 rings (SSSR count). The molecule has 0 aromatic rings. The van der Waals surface area contributed by atoms with E-state index in [9.17, 15) is 14.7 Å². The smallest absolute Gasteiger partial charge is 0.305 e. The number of amides is 1. The highest BCUT2D eigenvalue weighted by Gasteiger charge is 2.41. The fourth-order valence-corrected chi connectivity index (χ4v) is 3.58. The predicted molar refractivity (Wildman–Crippen MR) is 84.1 cm³/mol. The summed E-state index contributed by atoms with van der Waals surface area (Å²) in [5.41, 5.74) is -0.458. The van der Waals surface area contributed by atoms with Crippen molar-refractivity contribution >= 4 is 11.9 Å². The third kappa shape index (κ3) is 4.72. The van der Waals surface area contributed by atoms with E-state index in [4.69, 9.17) is 0 Å². The maximum absolute atomic E-state index is 12.8. The molecular weight excluding hydrogens is 266 g/mol. The molecule has 0 aromatic carbocycles. The molecule has 0 spiro atoms. The number of carboxylic acids is 1. The van der Waals surface area contributed by atoms with E-state index in [2.05, 4.69) is 13.8 Å². The standard InChI is InChI=1S/C17H31NO3/c1-4-6-10-14(5-2)16(21)18(3)17(13-15(19)20)11-8-7-9-12-17/h14H,4-13H2,1-3H3,(H,19,20). The van der Waals surface area contributed by atoms with E-state index in [1.54, 1.807) is 4.90 Å². The Balaban J connectivity index is 2.85. The Morgan fingerprint density at radius 3 is 2.29 bits per heavy atom. The van der Waals surface area contributed by atoms with Gasteiger partial charge in [-0.15, -0.1) is 0 Å². The van der Waals surface area contributed by atoms with Gasteiger partial charge in [0.05, 0.1) is 12.0 Å². The van der Waals surface area contributed by atoms with Crippen molar-refractivity contribution in [1.29, 1.82) is 0 Å². The zero-order valence-corrected chi connectivity index (χ0v) is 13.9. The first kappa shape index (κ1) is 18.0. The van der Waals surface area contributed by atoms with Gasteiger partial charge in [-0.3, -0.25) is 9.59 Å². The summed E-state index contributed by atoms with van der Waals surface area (Å²) in [6, 6.07) is 0. The van der Waals surface area contributed by atoms with Crippen LogP contribution in [0.25, 0.3) is 0 Å². The Labute approximate surface area is 128 Å². The highest BCUT2D eigenvalue weighted by Crippen LogP contribution is 2.37. The van der Waals surface area contributed by atoms with Crippen molar-refractivity contribution in [3.8, 4) is 0 Å². The molecule has 1 unspecified atom stereocenters. The van der Waals surface area contributed by atoms with E-state index in [1.165, 1.54) is 0 Å². The van der Waals surface area contributed by atoms with E-state index in [-0.39, 0.29) is 18.2 Å². The van der Waals surface area contributed by atoms with Gasteiger partial charge >= 0.3 is 5.97 Å². The molecule has 21 heavy (non-hydrogen) atoms. The van der Waals surface area contributed by atoms with Crippen molar-refractivity contribution < 1.29 is 14.7 Å². The zero-order valence-electron chi connectivity index (χ0n) is 13.9. The van der Waals surface area contributed by atoms with Gasteiger partial charge in [0.25, 0.3) is 0 Å². The molecule has 1 aliphatic rings. The van der Waals surface area contributed by atoms with Crippen molar-refractivity contribution in [2.75, 3.05) is 7.05 Å². The lowest BCUT2D eigenvalue weighted by Crippen LogP contribution is -2.53. The Morgan fingerprint density at radius 2 is 1.81 bits per heavy atom. The summed E-state index contributed by atoms with van der Waals surface area (Å²) in [4.78, 5) is 25.9. The molecular formula is C17H31NO3. The van der Waals surface area contributed by atoms with Gasteiger partial charge in [0.2, 0.25) is 5.91 Å². The minimum absolute atomic E-state index is 0.0440. The molecule has 1 atom stereocenters. The maximum atomic E-state index is 12.8. The second-order valence-corrected chi connectivity index (χ2v) is 6.50. The minimum Gasteiger partial charge on any atom is -0.481 e. The first-order chi connectivity index (χ1) is 9.96. The first-order valence-corrected chi connectivity index (χ1v) is 8.46. The molecule has 1 fully saturated rings. The Hall–Kier alpha value is -1.06. The van der Waals surface area contributed by atoms with Crippen LogP contribution < -0.4 is 0 Å². The van der Waals surface area contributed by atoms with Gasteiger partial charge in [0.15, 0.2) is 0 Å². The molecule has 1 amide bonds. The highest BCUT2D eigenvalue weighted by atomic mass is 16.4. The van der Waals surface area contributed by atoms with Gasteiger partial charge in [0, 0.05) is 13.0 Å². The van der Waals surface area contributed by atoms with Crippen LogP contribution in [0.4, 0.5) is 0 Å². The lowest BCUT2D eigenvalue weighted by atomic mass is 9.77. The number of unbranched alkanes of at least 4 members (excludes halogenated alkanes) is 1. The molecule has 0 aromatic heterocycles. The van der Waals surface area contributed by atoms with Crippen LogP contribution in [0, 0.1) is 5.92 Å². The lowest BCUT2D eigenvalue weighted by Gasteiger charge is -2.45. The Morgan fingerprint density at radius 1 is 1.19 bits per heavy atom. The number of carboxylic acid groups (broad SMARTS) is 1. The van der Waals surface area contributed by atoms with E-state index in [1.807, 2.05) is 7.05 Å². The largest absolute Gasteiger partial charge is 0.481 e. The highest BCUT2D eigenvalue weighted by molar-refractivity contribution is 5.80. The zero-order chi connectivity index (χ0) is 15.9. The van der Waals surface area contributed by atoms with Crippen molar-refractivity contribution in [2.45, 2.75) is 83.6 Å². The summed E-state index contributed by atoms with van der Waals surface area (Å²) in [7, 11) is 1.82. The van der Waals surface area contributed by atoms with E-state index in [0.29, 0.717) is 0 Å². The van der Waals surface area contributed by atoms with Crippen molar-refractivity contribution in [3.05, 3.63) is 0 Å². The Kier molecular flexibility index (Phi) is 7.20. The number of hydrogen-bond donors (Lipinski definition) is 1. The summed E-state index contributed by atoms with van der Waals surface area (Å²) in [6.07, 6.45) is 8.84. The number of hydrogen-bond acceptors (Lipinski definition) is 2. The van der Waals surface area contributed by atoms with Crippen LogP contribution in [-0.4, -0.2) is 34.5 Å². The quantitative estimate of drug-likeness (QED) is 0.740. The van der Waals surface area contributed by atoms with Gasteiger partial charge in [-0.05, 0) is 25.7 Å². The molecule has 4 heteroatoms. The number of carbonyl (C=O) groups excluding carboxylic acids is 1. The third-order valence-electron chi connectivity index (χ3n) is 5.05. The lowest BCUT2D eigenvalue weighted by molar-refractivity contribution is -0.148. The molecule has 122 valence electrons. The molecule has 1 aliphatic carbocycles. The van der Waals surface area contributed by atoms with E-state index >= 15 is 0 Å². The molecule has 0 radical (unpaired) electrons. The van der Waals surface area contributed by atoms with Crippen molar-refractivity contribution in [3.63, 3.8) is 0 Å². The minimum atomic E-state index is -0.793. The average molecular weight is 297 g/mol. The molecule has 4 nitrogen and oxygen atoms in total. The van der Waals surface area contributed by atoms with Crippen LogP contribution in [0.15, 0.2) is 0 Å². The summed E-state index contributed by atoms with van der Waals surface area (Å²) >= 11 is 0. The predicted octanol–water partition coefficient (Wildman–Crippen LogP) is 3.84. The van der Waals surface area contributed by atoms with E-state index < -0.39 is 11.5 Å². The van der Waals surface area contributed by atoms with Crippen LogP contribution >= 0.6 is 0 Å². The topological polar surface area (TPSA) is 57.6 Å². The molecule has 1 N–H and O–H groups in total. The van der Waals surface area contributed by atoms with Crippen LogP contribution in [-0.2, 0) is 9.59 Å². The summed E-state index contributed by atoms with van der Waals surface area (Å²) in [5, 5.41) is 9.26. The first-order valence-electron chi connectivity index (χ1n) is 8.46. The summed E-state index contributed by atoms with van der Waals surface area (Å²) in [6.45, 7) is 4.19. The second-order valence-electron chi connectivity index (χ2n) is 6.50. The van der Waals surface area contributed by atoms with E-state index in [0.717, 1.165) is 57.8 Å². The molecule has 0 aliphatic heterocycles. The van der Waals surface area contributed by atoms with Gasteiger partial charge in [0.1, 0.15) is 0 Å². The van der Waals surface area contributed by atoms with Crippen LogP contribution in [0.2, 0.25) is 0 Å². The fourth-order valence-electron chi connectivity index (χ4n) is 3.58. The van der Waals surface area contributed by atoms with Crippen molar-refractivity contribution in [2.24, 2.45) is 5.92 Å². The SMILES string of the molecule is CCCCC(CC)C(=O)N(C)C1(CC(=O)O)CCCCC1. The summed E-state index contributed by atoms with van der Waals surface area (Å²) < 4.78 is 0. The van der Waals surface area contributed by atoms with Gasteiger partial charge < -0.3 is 10.0 Å². The molecule has 0 bridgehead atoms. The fraction of sp³-hybridized carbons (Fsp3) is 0.882. The van der Waals surface area contributed by atoms with Gasteiger partial charge in [-0.2, -0.15) is 0 Å². The van der Waals surface area contributed by atoms with Crippen LogP contribution in [0.1, 0.15) is 78.1 Å². The molecule has 1 saturated carbocycles. The van der Waals surface area contributed by atoms with Gasteiger partial charge in [-0.1, -0.05) is 46.0 Å². The Bertz CT molecular complexity index is 348. The van der Waals surface area contributed by atoms with Gasteiger partial charge in [-0.25, -0.2) is 0 Å². The van der Waals surface area contributed by atoms with Crippen LogP contribution in [0.3, 0.4) is 0 Å².